The summed E-state index contributed by atoms with van der Waals surface area (Å²) in [4.78, 5) is 14.1. The number of hydrogen-bond donors (Lipinski definition) is 3. The molecule has 1 aromatic carbocycles. The van der Waals surface area contributed by atoms with Crippen LogP contribution in [0.15, 0.2) is 24.4 Å². The first-order chi connectivity index (χ1) is 13.4. The minimum absolute atomic E-state index is 0.211. The summed E-state index contributed by atoms with van der Waals surface area (Å²) in [6.45, 7) is 7.14. The van der Waals surface area contributed by atoms with Gasteiger partial charge in [0.2, 0.25) is 5.82 Å². The van der Waals surface area contributed by atoms with Crippen LogP contribution in [-0.2, 0) is 11.3 Å². The van der Waals surface area contributed by atoms with Crippen LogP contribution in [0, 0.1) is 11.3 Å². The van der Waals surface area contributed by atoms with E-state index in [4.69, 9.17) is 4.74 Å². The molecule has 0 atom stereocenters. The van der Waals surface area contributed by atoms with E-state index in [0.717, 1.165) is 16.9 Å². The van der Waals surface area contributed by atoms with E-state index in [2.05, 4.69) is 31.3 Å². The van der Waals surface area contributed by atoms with Crippen LogP contribution in [0.4, 0.5) is 16.2 Å². The van der Waals surface area contributed by atoms with Crippen molar-refractivity contribution in [2.24, 2.45) is 0 Å². The lowest BCUT2D eigenvalue weighted by Gasteiger charge is -2.26. The molecule has 0 saturated carbocycles. The van der Waals surface area contributed by atoms with E-state index >= 15 is 0 Å². The topological polar surface area (TPSA) is 132 Å². The monoisotopic (exact) mass is 382 g/mol. The van der Waals surface area contributed by atoms with Crippen molar-refractivity contribution in [3.05, 3.63) is 35.8 Å². The van der Waals surface area contributed by atoms with Gasteiger partial charge in [-0.3, -0.25) is 0 Å². The van der Waals surface area contributed by atoms with Gasteiger partial charge in [-0.25, -0.2) is 4.79 Å². The fourth-order valence-corrected chi connectivity index (χ4v) is 2.66. The Balaban J connectivity index is 1.76. The second-order valence-corrected chi connectivity index (χ2v) is 7.25. The van der Waals surface area contributed by atoms with Crippen LogP contribution in [-0.4, -0.2) is 50.3 Å². The zero-order chi connectivity index (χ0) is 20.1. The van der Waals surface area contributed by atoms with Crippen LogP contribution in [0.25, 0.3) is 5.57 Å². The summed E-state index contributed by atoms with van der Waals surface area (Å²) in [5, 5.41) is 29.0. The van der Waals surface area contributed by atoms with Crippen molar-refractivity contribution in [3.63, 3.8) is 0 Å². The molecule has 1 aliphatic rings. The van der Waals surface area contributed by atoms with Crippen LogP contribution in [0.5, 0.6) is 0 Å². The fraction of sp³-hybridized carbons (Fsp3) is 0.389. The molecule has 2 heterocycles. The Morgan fingerprint density at radius 3 is 2.93 bits per heavy atom. The van der Waals surface area contributed by atoms with Gasteiger partial charge in [-0.05, 0) is 49.7 Å². The third-order valence-corrected chi connectivity index (χ3v) is 3.91. The summed E-state index contributed by atoms with van der Waals surface area (Å²) in [7, 11) is 0. The zero-order valence-electron chi connectivity index (χ0n) is 16.0. The first-order valence-corrected chi connectivity index (χ1v) is 8.81. The highest BCUT2D eigenvalue weighted by molar-refractivity contribution is 5.75. The molecule has 146 valence electrons. The number of amides is 1. The molecule has 0 radical (unpaired) electrons. The number of rotatable bonds is 3. The molecule has 28 heavy (non-hydrogen) atoms. The van der Waals surface area contributed by atoms with E-state index in [0.29, 0.717) is 19.6 Å². The molecular formula is C18H22N8O2. The van der Waals surface area contributed by atoms with Crippen LogP contribution in [0.1, 0.15) is 32.2 Å². The molecule has 1 aliphatic heterocycles. The molecule has 0 bridgehead atoms. The average Bonchev–Trinajstić information content (AvgIpc) is 3.07. The third-order valence-electron chi connectivity index (χ3n) is 3.91. The van der Waals surface area contributed by atoms with Gasteiger partial charge < -0.3 is 20.3 Å². The molecule has 0 fully saturated rings. The highest BCUT2D eigenvalue weighted by atomic mass is 16.6. The maximum atomic E-state index is 12.4. The van der Waals surface area contributed by atoms with E-state index < -0.39 is 5.60 Å². The predicted octanol–water partition coefficient (Wildman–Crippen LogP) is 2.34. The SMILES string of the molecule is CC(C)(C)OC(=O)N1CCNc2ccc(NC=C(C#N)c3nn[nH]n3)cc2C1. The Kier molecular flexibility index (Phi) is 5.44. The Bertz CT molecular complexity index is 909. The number of carbonyl (C=O) groups excluding carboxylic acids is 1. The number of ether oxygens (including phenoxy) is 1. The molecule has 1 aromatic heterocycles. The molecular weight excluding hydrogens is 360 g/mol. The second kappa shape index (κ2) is 7.96. The minimum Gasteiger partial charge on any atom is -0.444 e. The molecule has 0 aliphatic carbocycles. The fourth-order valence-electron chi connectivity index (χ4n) is 2.66. The number of aromatic nitrogens is 4. The predicted molar refractivity (Wildman–Crippen MR) is 103 cm³/mol. The normalized spacial score (nSPS) is 14.4. The van der Waals surface area contributed by atoms with Gasteiger partial charge in [0.25, 0.3) is 0 Å². The maximum Gasteiger partial charge on any atom is 0.410 e. The van der Waals surface area contributed by atoms with Gasteiger partial charge in [0.1, 0.15) is 17.2 Å². The number of fused-ring (bicyclic) bond motifs is 1. The Labute approximate surface area is 162 Å². The van der Waals surface area contributed by atoms with Crippen molar-refractivity contribution in [1.29, 1.82) is 5.26 Å². The molecule has 3 rings (SSSR count). The molecule has 1 amide bonds. The largest absolute Gasteiger partial charge is 0.444 e. The van der Waals surface area contributed by atoms with E-state index in [-0.39, 0.29) is 17.5 Å². The average molecular weight is 382 g/mol. The number of allylic oxidation sites excluding steroid dienone is 1. The molecule has 2 aromatic rings. The molecule has 0 unspecified atom stereocenters. The Hall–Kier alpha value is -3.61. The summed E-state index contributed by atoms with van der Waals surface area (Å²) in [5.74, 6) is 0.211. The molecule has 3 N–H and O–H groups in total. The van der Waals surface area contributed by atoms with Gasteiger partial charge in [-0.1, -0.05) is 0 Å². The van der Waals surface area contributed by atoms with E-state index in [1.807, 2.05) is 45.0 Å². The number of hydrogen-bond acceptors (Lipinski definition) is 8. The van der Waals surface area contributed by atoms with Crippen molar-refractivity contribution < 1.29 is 9.53 Å². The van der Waals surface area contributed by atoms with E-state index in [1.54, 1.807) is 4.90 Å². The van der Waals surface area contributed by atoms with Gasteiger partial charge in [0, 0.05) is 30.7 Å². The van der Waals surface area contributed by atoms with Crippen LogP contribution < -0.4 is 10.6 Å². The number of H-pyrrole nitrogens is 1. The van der Waals surface area contributed by atoms with Crippen molar-refractivity contribution in [3.8, 4) is 6.07 Å². The minimum atomic E-state index is -0.545. The number of carbonyl (C=O) groups is 1. The van der Waals surface area contributed by atoms with Crippen LogP contribution in [0.2, 0.25) is 0 Å². The second-order valence-electron chi connectivity index (χ2n) is 7.25. The van der Waals surface area contributed by atoms with Crippen molar-refractivity contribution in [2.75, 3.05) is 23.7 Å². The Morgan fingerprint density at radius 1 is 1.43 bits per heavy atom. The van der Waals surface area contributed by atoms with Gasteiger partial charge in [0.15, 0.2) is 0 Å². The molecule has 0 spiro atoms. The van der Waals surface area contributed by atoms with Crippen LogP contribution in [0.3, 0.4) is 0 Å². The maximum absolute atomic E-state index is 12.4. The van der Waals surface area contributed by atoms with Gasteiger partial charge in [-0.2, -0.15) is 10.5 Å². The molecule has 10 heteroatoms. The zero-order valence-corrected chi connectivity index (χ0v) is 16.0. The van der Waals surface area contributed by atoms with Crippen LogP contribution >= 0.6 is 0 Å². The summed E-state index contributed by atoms with van der Waals surface area (Å²) in [6.07, 6.45) is 1.17. The number of nitrogens with one attached hydrogen (secondary N) is 3. The molecule has 10 nitrogen and oxygen atoms in total. The highest BCUT2D eigenvalue weighted by Crippen LogP contribution is 2.25. The number of nitrogens with zero attached hydrogens (tertiary/aromatic N) is 5. The summed E-state index contributed by atoms with van der Waals surface area (Å²) in [6, 6.07) is 7.77. The first-order valence-electron chi connectivity index (χ1n) is 8.81. The number of anilines is 2. The lowest BCUT2D eigenvalue weighted by Crippen LogP contribution is -2.37. The van der Waals surface area contributed by atoms with Gasteiger partial charge in [-0.15, -0.1) is 10.2 Å². The Morgan fingerprint density at radius 2 is 2.25 bits per heavy atom. The number of aromatic amines is 1. The highest BCUT2D eigenvalue weighted by Gasteiger charge is 2.24. The molecule has 0 saturated heterocycles. The van der Waals surface area contributed by atoms with Crippen molar-refractivity contribution >= 4 is 23.0 Å². The third kappa shape index (κ3) is 4.76. The lowest BCUT2D eigenvalue weighted by atomic mass is 10.1. The van der Waals surface area contributed by atoms with E-state index in [9.17, 15) is 10.1 Å². The quantitative estimate of drug-likeness (QED) is 0.689. The number of tetrazole rings is 1. The first kappa shape index (κ1) is 19.2. The summed E-state index contributed by atoms with van der Waals surface area (Å²) < 4.78 is 5.49. The van der Waals surface area contributed by atoms with Crippen molar-refractivity contribution in [2.45, 2.75) is 32.9 Å². The smallest absolute Gasteiger partial charge is 0.410 e. The lowest BCUT2D eigenvalue weighted by molar-refractivity contribution is 0.0245. The number of benzene rings is 1. The van der Waals surface area contributed by atoms with Gasteiger partial charge >= 0.3 is 6.09 Å². The van der Waals surface area contributed by atoms with Crippen molar-refractivity contribution in [1.82, 2.24) is 25.5 Å². The summed E-state index contributed by atoms with van der Waals surface area (Å²) >= 11 is 0. The summed E-state index contributed by atoms with van der Waals surface area (Å²) in [5.41, 5.74) is 2.37. The van der Waals surface area contributed by atoms with Gasteiger partial charge in [0.05, 0.1) is 6.54 Å². The number of nitriles is 1. The van der Waals surface area contributed by atoms with E-state index in [1.165, 1.54) is 6.20 Å². The standard InChI is InChI=1S/C18H22N8O2/c1-18(2,3)28-17(27)26-7-6-20-15-5-4-14(8-12(15)11-26)21-10-13(9-19)16-22-24-25-23-16/h4-5,8,10,20-21H,6-7,11H2,1-3H3,(H,22,23,24,25).